The van der Waals surface area contributed by atoms with Crippen molar-refractivity contribution in [2.75, 3.05) is 13.2 Å². The van der Waals surface area contributed by atoms with Crippen LogP contribution in [0.25, 0.3) is 0 Å². The van der Waals surface area contributed by atoms with Gasteiger partial charge >= 0.3 is 27.6 Å². The monoisotopic (exact) mass is 954 g/mol. The summed E-state index contributed by atoms with van der Waals surface area (Å²) in [5.74, 6) is -1.28. The molecule has 1 saturated carbocycles. The molecular weight excluding hydrogens is 874 g/mol. The fourth-order valence-corrected chi connectivity index (χ4v) is 8.89. The topological polar surface area (TPSA) is 269 Å². The Kier molecular flexibility index (Phi) is 30.6. The van der Waals surface area contributed by atoms with E-state index in [1.54, 1.807) is 0 Å². The lowest BCUT2D eigenvalue weighted by Crippen LogP contribution is -2.64. The van der Waals surface area contributed by atoms with Gasteiger partial charge in [-0.2, -0.15) is 0 Å². The maximum atomic E-state index is 13.0. The molecule has 2 rings (SSSR count). The first-order valence-corrected chi connectivity index (χ1v) is 26.7. The van der Waals surface area contributed by atoms with Crippen LogP contribution in [0.4, 0.5) is 0 Å². The summed E-state index contributed by atoms with van der Waals surface area (Å²) < 4.78 is 55.1. The van der Waals surface area contributed by atoms with Gasteiger partial charge in [0, 0.05) is 12.8 Å². The molecule has 0 radical (unpaired) electrons. The molecule has 7 unspecified atom stereocenters. The van der Waals surface area contributed by atoms with Gasteiger partial charge in [-0.1, -0.05) is 140 Å². The average Bonchev–Trinajstić information content (AvgIpc) is 4.00. The first-order chi connectivity index (χ1) is 30.6. The van der Waals surface area contributed by atoms with Gasteiger partial charge in [0.1, 0.15) is 43.2 Å². The van der Waals surface area contributed by atoms with E-state index in [1.165, 1.54) is 70.6 Å². The fourth-order valence-electron chi connectivity index (χ4n) is 7.35. The number of hydrogen-bond acceptors (Lipinski definition) is 14. The molecule has 1 aliphatic carbocycles. The Balaban J connectivity index is 1.83. The third kappa shape index (κ3) is 27.1. The predicted octanol–water partition coefficient (Wildman–Crippen LogP) is 7.72. The molecule has 64 heavy (non-hydrogen) atoms. The van der Waals surface area contributed by atoms with Crippen molar-refractivity contribution in [3.63, 3.8) is 0 Å². The van der Waals surface area contributed by atoms with Crippen LogP contribution in [0, 0.1) is 0 Å². The van der Waals surface area contributed by atoms with E-state index in [1.807, 2.05) is 0 Å². The molecule has 1 aliphatic heterocycles. The molecule has 0 aromatic carbocycles. The van der Waals surface area contributed by atoms with Crippen LogP contribution >= 0.6 is 15.6 Å². The van der Waals surface area contributed by atoms with Crippen LogP contribution < -0.4 is 0 Å². The highest BCUT2D eigenvalue weighted by Crippen LogP contribution is 2.49. The summed E-state index contributed by atoms with van der Waals surface area (Å²) in [4.78, 5) is 54.4. The molecule has 7 N–H and O–H groups in total. The molecule has 2 fully saturated rings. The zero-order valence-electron chi connectivity index (χ0n) is 38.2. The molecule has 0 aromatic heterocycles. The van der Waals surface area contributed by atoms with Crippen LogP contribution in [0.1, 0.15) is 168 Å². The molecule has 0 spiro atoms. The first kappa shape index (κ1) is 58.3. The number of phosphoric ester groups is 2. The van der Waals surface area contributed by atoms with Crippen molar-refractivity contribution >= 4 is 27.6 Å². The summed E-state index contributed by atoms with van der Waals surface area (Å²) in [7, 11) is -10.7. The van der Waals surface area contributed by atoms with Gasteiger partial charge in [-0.3, -0.25) is 23.2 Å². The number of esters is 2. The first-order valence-electron chi connectivity index (χ1n) is 23.7. The summed E-state index contributed by atoms with van der Waals surface area (Å²) in [6.45, 7) is 3.01. The van der Waals surface area contributed by atoms with Crippen LogP contribution in [0.3, 0.4) is 0 Å². The van der Waals surface area contributed by atoms with E-state index in [0.717, 1.165) is 51.4 Å². The van der Waals surface area contributed by atoms with Gasteiger partial charge in [-0.05, 0) is 51.4 Å². The summed E-state index contributed by atoms with van der Waals surface area (Å²) >= 11 is 0. The van der Waals surface area contributed by atoms with Gasteiger partial charge in [0.05, 0.1) is 18.8 Å². The number of unbranched alkanes of at least 4 members (excludes halogenated alkanes) is 15. The Labute approximate surface area is 380 Å². The average molecular weight is 955 g/mol. The Morgan fingerprint density at radius 1 is 0.578 bits per heavy atom. The minimum atomic E-state index is -5.37. The second-order valence-corrected chi connectivity index (χ2v) is 19.5. The SMILES string of the molecule is CCCCC/C=C\C/C=C\C/C=C\CC1OC1CCCC(=O)OC[C@H](COP(=O)(O)O[C@H]1C(O)C(O)C(O)[C@@H](OP(=O)(O)O)C1O)OC(=O)CCCCCCCCCCCCCCC. The Hall–Kier alpha value is -1.82. The van der Waals surface area contributed by atoms with Gasteiger partial charge in [0.15, 0.2) is 6.10 Å². The van der Waals surface area contributed by atoms with Crippen molar-refractivity contribution in [3.8, 4) is 0 Å². The normalized spacial score (nSPS) is 25.3. The van der Waals surface area contributed by atoms with Gasteiger partial charge in [0.25, 0.3) is 0 Å². The van der Waals surface area contributed by atoms with Crippen LogP contribution in [0.5, 0.6) is 0 Å². The highest BCUT2D eigenvalue weighted by molar-refractivity contribution is 7.47. The quantitative estimate of drug-likeness (QED) is 0.0103. The van der Waals surface area contributed by atoms with Crippen molar-refractivity contribution < 1.29 is 81.6 Å². The molecular formula is C45H80O17P2. The highest BCUT2D eigenvalue weighted by Gasteiger charge is 2.54. The van der Waals surface area contributed by atoms with E-state index < -0.39 is 83.5 Å². The van der Waals surface area contributed by atoms with Crippen LogP contribution in [-0.2, 0) is 46.5 Å². The third-order valence-electron chi connectivity index (χ3n) is 11.1. The number of carbonyl (C=O) groups excluding carboxylic acids is 2. The van der Waals surface area contributed by atoms with Crippen LogP contribution in [0.15, 0.2) is 36.5 Å². The molecule has 19 heteroatoms. The summed E-state index contributed by atoms with van der Waals surface area (Å²) in [5, 5.41) is 41.2. The standard InChI is InChI=1S/C45H80O17P2/c1-3-5-7-9-11-13-15-17-19-21-23-25-27-31-39(47)59-35(34-58-64(55,56)62-45-42(50)40(48)41(49)44(43(45)51)61-63(52,53)54)33-57-38(46)32-28-30-37-36(60-37)29-26-24-22-20-18-16-14-12-10-8-6-4-2/h12,14,18,20,24,26,35-37,40-45,48-51H,3-11,13,15-17,19,21-23,25,27-34H2,1-2H3,(H,55,56)(H2,52,53,54)/b14-12-,20-18-,26-24-/t35-,36?,37?,40?,41?,42?,43?,44-,45+/m1/s1. The second-order valence-electron chi connectivity index (χ2n) is 16.9. The van der Waals surface area contributed by atoms with E-state index in [4.69, 9.17) is 23.3 Å². The van der Waals surface area contributed by atoms with Crippen molar-refractivity contribution in [2.24, 2.45) is 0 Å². The van der Waals surface area contributed by atoms with E-state index in [0.29, 0.717) is 19.3 Å². The second kappa shape index (κ2) is 33.6. The lowest BCUT2D eigenvalue weighted by atomic mass is 9.85. The van der Waals surface area contributed by atoms with Gasteiger partial charge in [0.2, 0.25) is 0 Å². The number of aliphatic hydroxyl groups excluding tert-OH is 4. The lowest BCUT2D eigenvalue weighted by molar-refractivity contribution is -0.216. The summed E-state index contributed by atoms with van der Waals surface area (Å²) in [5.41, 5.74) is 0. The van der Waals surface area contributed by atoms with E-state index in [-0.39, 0.29) is 25.0 Å². The van der Waals surface area contributed by atoms with Crippen LogP contribution in [-0.4, -0.2) is 115 Å². The minimum Gasteiger partial charge on any atom is -0.462 e. The number of phosphoric acid groups is 2. The molecule has 2 aliphatic rings. The van der Waals surface area contributed by atoms with Crippen LogP contribution in [0.2, 0.25) is 0 Å². The van der Waals surface area contributed by atoms with Crippen molar-refractivity contribution in [1.82, 2.24) is 0 Å². The maximum Gasteiger partial charge on any atom is 0.472 e. The molecule has 17 nitrogen and oxygen atoms in total. The largest absolute Gasteiger partial charge is 0.472 e. The zero-order valence-corrected chi connectivity index (χ0v) is 39.9. The smallest absolute Gasteiger partial charge is 0.462 e. The third-order valence-corrected chi connectivity index (χ3v) is 12.6. The zero-order chi connectivity index (χ0) is 47.2. The number of epoxide rings is 1. The minimum absolute atomic E-state index is 0.0287. The predicted molar refractivity (Wildman–Crippen MR) is 241 cm³/mol. The number of rotatable bonds is 38. The molecule has 1 heterocycles. The molecule has 0 aromatic rings. The van der Waals surface area contributed by atoms with E-state index in [9.17, 15) is 53.8 Å². The van der Waals surface area contributed by atoms with E-state index >= 15 is 0 Å². The van der Waals surface area contributed by atoms with Gasteiger partial charge in [-0.25, -0.2) is 9.13 Å². The molecule has 0 amide bonds. The maximum absolute atomic E-state index is 13.0. The molecule has 372 valence electrons. The Morgan fingerprint density at radius 2 is 1.09 bits per heavy atom. The number of ether oxygens (including phenoxy) is 3. The number of aliphatic hydroxyl groups is 4. The van der Waals surface area contributed by atoms with Gasteiger partial charge < -0.3 is 49.3 Å². The summed E-state index contributed by atoms with van der Waals surface area (Å²) in [6, 6.07) is 0. The lowest BCUT2D eigenvalue weighted by Gasteiger charge is -2.43. The molecule has 1 saturated heterocycles. The molecule has 10 atom stereocenters. The number of allylic oxidation sites excluding steroid dienone is 5. The highest BCUT2D eigenvalue weighted by atomic mass is 31.2. The van der Waals surface area contributed by atoms with Crippen molar-refractivity contribution in [1.29, 1.82) is 0 Å². The molecule has 0 bridgehead atoms. The van der Waals surface area contributed by atoms with Crippen molar-refractivity contribution in [3.05, 3.63) is 36.5 Å². The van der Waals surface area contributed by atoms with Gasteiger partial charge in [-0.15, -0.1) is 0 Å². The number of carbonyl (C=O) groups is 2. The summed E-state index contributed by atoms with van der Waals surface area (Å²) in [6.07, 6.45) is 21.2. The van der Waals surface area contributed by atoms with E-state index in [2.05, 4.69) is 54.8 Å². The fraction of sp³-hybridized carbons (Fsp3) is 0.822. The Morgan fingerprint density at radius 3 is 1.69 bits per heavy atom. The number of hydrogen-bond donors (Lipinski definition) is 7. The van der Waals surface area contributed by atoms with Crippen molar-refractivity contribution in [2.45, 2.75) is 223 Å². The Bertz CT molecular complexity index is 1450.